The molecule has 3 N–H and O–H groups in total. The summed E-state index contributed by atoms with van der Waals surface area (Å²) in [4.78, 5) is 0. The molecule has 17 heavy (non-hydrogen) atoms. The molecule has 0 aliphatic rings. The molecule has 0 heterocycles. The van der Waals surface area contributed by atoms with Crippen molar-refractivity contribution in [1.82, 2.24) is 5.43 Å². The third-order valence-electron chi connectivity index (χ3n) is 2.62. The van der Waals surface area contributed by atoms with Crippen LogP contribution in [0, 0.1) is 0 Å². The first-order valence-corrected chi connectivity index (χ1v) is 6.88. The van der Waals surface area contributed by atoms with Crippen LogP contribution in [0.5, 0.6) is 5.75 Å². The Labute approximate surface area is 116 Å². The molecule has 3 nitrogen and oxygen atoms in total. The number of hydrazine groups is 1. The zero-order chi connectivity index (χ0) is 12.7. The molecule has 0 aliphatic carbocycles. The Hall–Kier alpha value is -0.290. The van der Waals surface area contributed by atoms with Crippen LogP contribution >= 0.6 is 27.5 Å². The highest BCUT2D eigenvalue weighted by Crippen LogP contribution is 2.26. The van der Waals surface area contributed by atoms with Gasteiger partial charge in [-0.05, 0) is 52.9 Å². The lowest BCUT2D eigenvalue weighted by molar-refractivity contribution is 0.411. The van der Waals surface area contributed by atoms with Crippen molar-refractivity contribution in [1.29, 1.82) is 0 Å². The molecule has 0 spiro atoms. The van der Waals surface area contributed by atoms with E-state index in [1.807, 2.05) is 6.07 Å². The number of hydrogen-bond donors (Lipinski definition) is 2. The molecule has 1 aromatic rings. The number of nitrogens with one attached hydrogen (secondary N) is 1. The lowest BCUT2D eigenvalue weighted by atomic mass is 10.0. The van der Waals surface area contributed by atoms with Crippen LogP contribution in [0.15, 0.2) is 22.7 Å². The van der Waals surface area contributed by atoms with E-state index in [0.717, 1.165) is 29.5 Å². The largest absolute Gasteiger partial charge is 0.496 e. The van der Waals surface area contributed by atoms with Crippen molar-refractivity contribution in [3.63, 3.8) is 0 Å². The molecular formula is C12H18BrClN2O. The second-order valence-electron chi connectivity index (χ2n) is 3.87. The van der Waals surface area contributed by atoms with Crippen molar-refractivity contribution in [2.75, 3.05) is 13.0 Å². The van der Waals surface area contributed by atoms with E-state index in [1.165, 1.54) is 5.56 Å². The summed E-state index contributed by atoms with van der Waals surface area (Å²) in [5, 5.41) is 0. The first-order valence-electron chi connectivity index (χ1n) is 5.55. The maximum Gasteiger partial charge on any atom is 0.133 e. The molecule has 5 heteroatoms. The van der Waals surface area contributed by atoms with Gasteiger partial charge in [-0.25, -0.2) is 0 Å². The van der Waals surface area contributed by atoms with E-state index in [1.54, 1.807) is 7.11 Å². The van der Waals surface area contributed by atoms with E-state index >= 15 is 0 Å². The monoisotopic (exact) mass is 320 g/mol. The van der Waals surface area contributed by atoms with Gasteiger partial charge in [0.2, 0.25) is 0 Å². The highest BCUT2D eigenvalue weighted by Gasteiger charge is 2.09. The minimum absolute atomic E-state index is 0.258. The summed E-state index contributed by atoms with van der Waals surface area (Å²) in [6, 6.07) is 6.32. The molecule has 0 aliphatic heterocycles. The molecule has 1 atom stereocenters. The molecule has 1 aromatic carbocycles. The van der Waals surface area contributed by atoms with Crippen molar-refractivity contribution in [3.8, 4) is 5.75 Å². The lowest BCUT2D eigenvalue weighted by Crippen LogP contribution is -2.36. The van der Waals surface area contributed by atoms with Crippen LogP contribution in [-0.2, 0) is 6.42 Å². The maximum absolute atomic E-state index is 5.68. The summed E-state index contributed by atoms with van der Waals surface area (Å²) in [5.74, 6) is 7.04. The number of rotatable bonds is 7. The Morgan fingerprint density at radius 2 is 2.29 bits per heavy atom. The molecule has 0 amide bonds. The van der Waals surface area contributed by atoms with Crippen molar-refractivity contribution in [2.45, 2.75) is 25.3 Å². The van der Waals surface area contributed by atoms with E-state index in [0.29, 0.717) is 5.88 Å². The van der Waals surface area contributed by atoms with Gasteiger partial charge >= 0.3 is 0 Å². The summed E-state index contributed by atoms with van der Waals surface area (Å²) in [5.41, 5.74) is 4.05. The molecule has 1 rings (SSSR count). The Balaban J connectivity index is 2.63. The van der Waals surface area contributed by atoms with Gasteiger partial charge in [0, 0.05) is 11.9 Å². The first-order chi connectivity index (χ1) is 8.21. The third kappa shape index (κ3) is 4.84. The Morgan fingerprint density at radius 1 is 1.53 bits per heavy atom. The minimum Gasteiger partial charge on any atom is -0.496 e. The van der Waals surface area contributed by atoms with Crippen molar-refractivity contribution < 1.29 is 4.74 Å². The van der Waals surface area contributed by atoms with Crippen LogP contribution in [0.1, 0.15) is 18.4 Å². The average molecular weight is 322 g/mol. The Kier molecular flexibility index (Phi) is 6.89. The van der Waals surface area contributed by atoms with Crippen LogP contribution in [-0.4, -0.2) is 19.0 Å². The number of methoxy groups -OCH3 is 1. The SMILES string of the molecule is COc1ccc(CC(CCCCl)NN)cc1Br. The number of nitrogens with two attached hydrogens (primary N) is 1. The number of alkyl halides is 1. The zero-order valence-electron chi connectivity index (χ0n) is 9.88. The van der Waals surface area contributed by atoms with Gasteiger partial charge in [-0.15, -0.1) is 11.6 Å². The second kappa shape index (κ2) is 7.93. The topological polar surface area (TPSA) is 47.3 Å². The van der Waals surface area contributed by atoms with Gasteiger partial charge in [0.15, 0.2) is 0 Å². The second-order valence-corrected chi connectivity index (χ2v) is 5.10. The molecular weight excluding hydrogens is 304 g/mol. The van der Waals surface area contributed by atoms with E-state index < -0.39 is 0 Å². The van der Waals surface area contributed by atoms with Gasteiger partial charge in [-0.2, -0.15) is 0 Å². The lowest BCUT2D eigenvalue weighted by Gasteiger charge is -2.15. The fraction of sp³-hybridized carbons (Fsp3) is 0.500. The molecule has 96 valence electrons. The van der Waals surface area contributed by atoms with Crippen LogP contribution < -0.4 is 16.0 Å². The van der Waals surface area contributed by atoms with Gasteiger partial charge < -0.3 is 4.74 Å². The van der Waals surface area contributed by atoms with E-state index in [2.05, 4.69) is 33.5 Å². The molecule has 0 fully saturated rings. The van der Waals surface area contributed by atoms with Gasteiger partial charge in [0.25, 0.3) is 0 Å². The predicted octanol–water partition coefficient (Wildman–Crippen LogP) is 2.85. The van der Waals surface area contributed by atoms with Crippen LogP contribution in [0.25, 0.3) is 0 Å². The number of benzene rings is 1. The zero-order valence-corrected chi connectivity index (χ0v) is 12.2. The quantitative estimate of drug-likeness (QED) is 0.461. The summed E-state index contributed by atoms with van der Waals surface area (Å²) >= 11 is 9.15. The number of hydrogen-bond acceptors (Lipinski definition) is 3. The molecule has 0 bridgehead atoms. The molecule has 0 radical (unpaired) electrons. The first kappa shape index (κ1) is 14.8. The molecule has 0 saturated heterocycles. The van der Waals surface area contributed by atoms with Crippen molar-refractivity contribution in [2.24, 2.45) is 5.84 Å². The average Bonchev–Trinajstić information content (AvgIpc) is 2.34. The van der Waals surface area contributed by atoms with Crippen LogP contribution in [0.4, 0.5) is 0 Å². The maximum atomic E-state index is 5.68. The summed E-state index contributed by atoms with van der Waals surface area (Å²) < 4.78 is 6.16. The summed E-state index contributed by atoms with van der Waals surface area (Å²) in [6.45, 7) is 0. The highest BCUT2D eigenvalue weighted by molar-refractivity contribution is 9.10. The normalized spacial score (nSPS) is 12.5. The fourth-order valence-electron chi connectivity index (χ4n) is 1.69. The van der Waals surface area contributed by atoms with E-state index in [9.17, 15) is 0 Å². The molecule has 0 aromatic heterocycles. The Bertz CT molecular complexity index is 349. The molecule has 0 saturated carbocycles. The van der Waals surface area contributed by atoms with Crippen molar-refractivity contribution >= 4 is 27.5 Å². The number of ether oxygens (including phenoxy) is 1. The summed E-state index contributed by atoms with van der Waals surface area (Å²) in [6.07, 6.45) is 2.83. The molecule has 1 unspecified atom stereocenters. The standard InChI is InChI=1S/C12H18BrClN2O/c1-17-12-5-4-9(8-11(12)13)7-10(16-15)3-2-6-14/h4-5,8,10,16H,2-3,6-7,15H2,1H3. The van der Waals surface area contributed by atoms with E-state index in [4.69, 9.17) is 22.2 Å². The van der Waals surface area contributed by atoms with Crippen LogP contribution in [0.3, 0.4) is 0 Å². The van der Waals surface area contributed by atoms with Gasteiger partial charge in [-0.3, -0.25) is 11.3 Å². The number of halogens is 2. The highest BCUT2D eigenvalue weighted by atomic mass is 79.9. The van der Waals surface area contributed by atoms with Gasteiger partial charge in [0.05, 0.1) is 11.6 Å². The van der Waals surface area contributed by atoms with Gasteiger partial charge in [-0.1, -0.05) is 6.07 Å². The van der Waals surface area contributed by atoms with Crippen LogP contribution in [0.2, 0.25) is 0 Å². The third-order valence-corrected chi connectivity index (χ3v) is 3.51. The fourth-order valence-corrected chi connectivity index (χ4v) is 2.43. The Morgan fingerprint density at radius 3 is 2.82 bits per heavy atom. The van der Waals surface area contributed by atoms with E-state index in [-0.39, 0.29) is 6.04 Å². The smallest absolute Gasteiger partial charge is 0.133 e. The van der Waals surface area contributed by atoms with Gasteiger partial charge in [0.1, 0.15) is 5.75 Å². The predicted molar refractivity (Wildman–Crippen MR) is 75.5 cm³/mol. The minimum atomic E-state index is 0.258. The summed E-state index contributed by atoms with van der Waals surface area (Å²) in [7, 11) is 1.66. The van der Waals surface area contributed by atoms with Crippen molar-refractivity contribution in [3.05, 3.63) is 28.2 Å².